The van der Waals surface area contributed by atoms with Crippen LogP contribution in [0.2, 0.25) is 0 Å². The molecular formula is C12H18N2O. The van der Waals surface area contributed by atoms with Crippen LogP contribution in [0.4, 0.5) is 0 Å². The lowest BCUT2D eigenvalue weighted by Gasteiger charge is -2.28. The largest absolute Gasteiger partial charge is 0.449 e. The molecule has 3 heteroatoms. The molecule has 2 N–H and O–H groups in total. The zero-order chi connectivity index (χ0) is 11.2. The molecule has 1 aliphatic rings. The average molecular weight is 206 g/mol. The molecule has 0 aromatic heterocycles. The molecular weight excluding hydrogens is 188 g/mol. The van der Waals surface area contributed by atoms with Crippen molar-refractivity contribution in [2.75, 3.05) is 14.1 Å². The second-order valence-electron chi connectivity index (χ2n) is 4.25. The first-order valence-electron chi connectivity index (χ1n) is 5.24. The standard InChI is InChI=1S/C12H18N2O/c1-7-6-9(12(3,13-4)14-5)11-10(15-11)8(7)2/h6,13-14H,1-5H3. The highest BCUT2D eigenvalue weighted by atomic mass is 16.6. The van der Waals surface area contributed by atoms with Crippen molar-refractivity contribution in [1.29, 1.82) is 0 Å². The number of rotatable bonds is 3. The fraction of sp³-hybridized carbons (Fsp3) is 0.500. The smallest absolute Gasteiger partial charge is 0.176 e. The zero-order valence-corrected chi connectivity index (χ0v) is 9.99. The van der Waals surface area contributed by atoms with Gasteiger partial charge in [-0.15, -0.1) is 0 Å². The fourth-order valence-corrected chi connectivity index (χ4v) is 1.84. The van der Waals surface area contributed by atoms with Gasteiger partial charge in [0.25, 0.3) is 0 Å². The Morgan fingerprint density at radius 1 is 1.13 bits per heavy atom. The third-order valence-electron chi connectivity index (χ3n) is 3.44. The Labute approximate surface area is 90.8 Å². The van der Waals surface area contributed by atoms with Crippen molar-refractivity contribution < 1.29 is 4.74 Å². The van der Waals surface area contributed by atoms with Gasteiger partial charge in [0.1, 0.15) is 0 Å². The molecule has 0 saturated carbocycles. The summed E-state index contributed by atoms with van der Waals surface area (Å²) < 4.78 is 5.55. The number of nitrogens with one attached hydrogen (secondary N) is 2. The molecule has 0 saturated heterocycles. The Morgan fingerprint density at radius 3 is 2.27 bits per heavy atom. The number of aryl methyl sites for hydroxylation is 1. The van der Waals surface area contributed by atoms with Crippen molar-refractivity contribution >= 4 is 0 Å². The summed E-state index contributed by atoms with van der Waals surface area (Å²) in [7, 11) is 3.89. The molecule has 2 rings (SSSR count). The van der Waals surface area contributed by atoms with Crippen LogP contribution >= 0.6 is 0 Å². The van der Waals surface area contributed by atoms with E-state index in [1.807, 2.05) is 14.1 Å². The van der Waals surface area contributed by atoms with Gasteiger partial charge in [-0.3, -0.25) is 10.6 Å². The maximum absolute atomic E-state index is 5.55. The molecule has 0 spiro atoms. The molecule has 0 unspecified atom stereocenters. The number of hydrogen-bond donors (Lipinski definition) is 2. The van der Waals surface area contributed by atoms with E-state index >= 15 is 0 Å². The van der Waals surface area contributed by atoms with Gasteiger partial charge in [-0.05, 0) is 52.1 Å². The molecule has 3 nitrogen and oxygen atoms in total. The Hall–Kier alpha value is -1.06. The van der Waals surface area contributed by atoms with Crippen molar-refractivity contribution in [2.45, 2.75) is 26.4 Å². The molecule has 1 aromatic rings. The summed E-state index contributed by atoms with van der Waals surface area (Å²) in [4.78, 5) is 0. The van der Waals surface area contributed by atoms with Crippen LogP contribution in [0.25, 0.3) is 0 Å². The van der Waals surface area contributed by atoms with E-state index in [2.05, 4.69) is 37.5 Å². The lowest BCUT2D eigenvalue weighted by molar-refractivity contribution is 0.335. The maximum atomic E-state index is 5.55. The summed E-state index contributed by atoms with van der Waals surface area (Å²) in [5, 5.41) is 6.55. The molecule has 15 heavy (non-hydrogen) atoms. The van der Waals surface area contributed by atoms with E-state index in [1.54, 1.807) is 0 Å². The predicted octanol–water partition coefficient (Wildman–Crippen LogP) is 2.02. The predicted molar refractivity (Wildman–Crippen MR) is 61.5 cm³/mol. The lowest BCUT2D eigenvalue weighted by atomic mass is 9.97. The second kappa shape index (κ2) is 3.22. The molecule has 82 valence electrons. The number of hydrogen-bond acceptors (Lipinski definition) is 3. The Bertz CT molecular complexity index is 405. The number of ether oxygens (including phenoxy) is 1. The summed E-state index contributed by atoms with van der Waals surface area (Å²) >= 11 is 0. The molecule has 0 aliphatic carbocycles. The van der Waals surface area contributed by atoms with Gasteiger partial charge in [-0.2, -0.15) is 0 Å². The quantitative estimate of drug-likeness (QED) is 0.596. The molecule has 1 aliphatic heterocycles. The summed E-state index contributed by atoms with van der Waals surface area (Å²) in [5.74, 6) is 2.09. The van der Waals surface area contributed by atoms with Crippen molar-refractivity contribution in [1.82, 2.24) is 10.6 Å². The molecule has 0 amide bonds. The molecule has 0 radical (unpaired) electrons. The van der Waals surface area contributed by atoms with Gasteiger partial charge in [-0.1, -0.05) is 0 Å². The third-order valence-corrected chi connectivity index (χ3v) is 3.44. The molecule has 0 fully saturated rings. The monoisotopic (exact) mass is 206 g/mol. The summed E-state index contributed by atoms with van der Waals surface area (Å²) in [6, 6.07) is 2.19. The van der Waals surface area contributed by atoms with Crippen molar-refractivity contribution in [3.05, 3.63) is 22.8 Å². The van der Waals surface area contributed by atoms with Gasteiger partial charge in [-0.25, -0.2) is 0 Å². The van der Waals surface area contributed by atoms with E-state index in [1.165, 1.54) is 16.7 Å². The van der Waals surface area contributed by atoms with Gasteiger partial charge < -0.3 is 4.74 Å². The molecule has 1 aromatic carbocycles. The number of fused-ring (bicyclic) bond motifs is 1. The maximum Gasteiger partial charge on any atom is 0.176 e. The van der Waals surface area contributed by atoms with Gasteiger partial charge in [0.15, 0.2) is 11.5 Å². The highest BCUT2D eigenvalue weighted by Gasteiger charge is 2.36. The highest BCUT2D eigenvalue weighted by Crippen LogP contribution is 2.54. The second-order valence-corrected chi connectivity index (χ2v) is 4.25. The van der Waals surface area contributed by atoms with Crippen LogP contribution in [0.3, 0.4) is 0 Å². The lowest BCUT2D eigenvalue weighted by Crippen LogP contribution is -2.47. The van der Waals surface area contributed by atoms with E-state index < -0.39 is 0 Å². The summed E-state index contributed by atoms with van der Waals surface area (Å²) in [6.45, 7) is 6.33. The normalized spacial score (nSPS) is 13.4. The van der Waals surface area contributed by atoms with E-state index in [9.17, 15) is 0 Å². The van der Waals surface area contributed by atoms with Crippen molar-refractivity contribution in [2.24, 2.45) is 0 Å². The Morgan fingerprint density at radius 2 is 1.73 bits per heavy atom. The summed E-state index contributed by atoms with van der Waals surface area (Å²) in [6.07, 6.45) is 0. The fourth-order valence-electron chi connectivity index (χ4n) is 1.84. The van der Waals surface area contributed by atoms with Crippen LogP contribution in [-0.2, 0) is 5.66 Å². The Kier molecular flexibility index (Phi) is 2.24. The minimum atomic E-state index is -0.223. The van der Waals surface area contributed by atoms with Gasteiger partial charge >= 0.3 is 0 Å². The van der Waals surface area contributed by atoms with Gasteiger partial charge in [0.2, 0.25) is 0 Å². The van der Waals surface area contributed by atoms with Gasteiger partial charge in [0, 0.05) is 5.56 Å². The number of benzene rings is 1. The first-order chi connectivity index (χ1) is 7.03. The van der Waals surface area contributed by atoms with Crippen LogP contribution in [0, 0.1) is 13.8 Å². The topological polar surface area (TPSA) is 36.6 Å². The van der Waals surface area contributed by atoms with Crippen LogP contribution in [-0.4, -0.2) is 14.1 Å². The molecule has 1 heterocycles. The van der Waals surface area contributed by atoms with Crippen molar-refractivity contribution in [3.63, 3.8) is 0 Å². The van der Waals surface area contributed by atoms with E-state index in [-0.39, 0.29) is 5.66 Å². The Balaban J connectivity index is 2.52. The summed E-state index contributed by atoms with van der Waals surface area (Å²) in [5.41, 5.74) is 3.49. The minimum Gasteiger partial charge on any atom is -0.449 e. The first kappa shape index (κ1) is 10.5. The first-order valence-corrected chi connectivity index (χ1v) is 5.24. The van der Waals surface area contributed by atoms with E-state index in [0.717, 1.165) is 11.5 Å². The molecule has 0 bridgehead atoms. The van der Waals surface area contributed by atoms with Crippen LogP contribution in [0.15, 0.2) is 6.07 Å². The average Bonchev–Trinajstić information content (AvgIpc) is 3.02. The van der Waals surface area contributed by atoms with Crippen LogP contribution in [0.5, 0.6) is 11.5 Å². The van der Waals surface area contributed by atoms with Gasteiger partial charge in [0.05, 0.1) is 5.66 Å². The zero-order valence-electron chi connectivity index (χ0n) is 9.99. The molecule has 0 atom stereocenters. The third kappa shape index (κ3) is 1.43. The minimum absolute atomic E-state index is 0.223. The van der Waals surface area contributed by atoms with Crippen molar-refractivity contribution in [3.8, 4) is 11.5 Å². The van der Waals surface area contributed by atoms with E-state index in [4.69, 9.17) is 4.74 Å². The highest BCUT2D eigenvalue weighted by molar-refractivity contribution is 5.67. The SMILES string of the molecule is CNC(C)(NC)c1cc(C)c(C)c2c1O2. The van der Waals surface area contributed by atoms with Crippen LogP contribution < -0.4 is 15.4 Å². The van der Waals surface area contributed by atoms with E-state index in [0.29, 0.717) is 0 Å². The van der Waals surface area contributed by atoms with Crippen LogP contribution in [0.1, 0.15) is 23.6 Å².